The fraction of sp³-hybridized carbons (Fsp3) is 0.667. The highest BCUT2D eigenvalue weighted by molar-refractivity contribution is 6.74. The molecule has 23 heavy (non-hydrogen) atoms. The lowest BCUT2D eigenvalue weighted by molar-refractivity contribution is -0.143. The summed E-state index contributed by atoms with van der Waals surface area (Å²) in [6.45, 7) is 14.0. The van der Waals surface area contributed by atoms with Crippen LogP contribution < -0.4 is 0 Å². The smallest absolute Gasteiger partial charge is 0.305 e. The normalized spacial score (nSPS) is 12.3. The number of hydrogen-bond acceptors (Lipinski definition) is 4. The van der Waals surface area contributed by atoms with Gasteiger partial charge in [0.1, 0.15) is 0 Å². The molecule has 1 aromatic rings. The lowest BCUT2D eigenvalue weighted by Gasteiger charge is -2.36. The van der Waals surface area contributed by atoms with Gasteiger partial charge in [0.25, 0.3) is 0 Å². The van der Waals surface area contributed by atoms with Crippen molar-refractivity contribution in [1.82, 2.24) is 4.98 Å². The summed E-state index contributed by atoms with van der Waals surface area (Å²) in [6.07, 6.45) is 3.98. The van der Waals surface area contributed by atoms with Gasteiger partial charge in [0.2, 0.25) is 0 Å². The molecule has 0 saturated heterocycles. The third-order valence-electron chi connectivity index (χ3n) is 4.42. The van der Waals surface area contributed by atoms with Crippen LogP contribution in [-0.2, 0) is 27.0 Å². The van der Waals surface area contributed by atoms with Gasteiger partial charge in [-0.25, -0.2) is 0 Å². The minimum atomic E-state index is -1.73. The van der Waals surface area contributed by atoms with Crippen molar-refractivity contribution in [1.29, 1.82) is 0 Å². The third kappa shape index (κ3) is 6.83. The van der Waals surface area contributed by atoms with E-state index in [0.29, 0.717) is 19.6 Å². The summed E-state index contributed by atoms with van der Waals surface area (Å²) in [5.74, 6) is -0.125. The van der Waals surface area contributed by atoms with E-state index in [0.717, 1.165) is 24.1 Å². The molecule has 5 heteroatoms. The first kappa shape index (κ1) is 19.8. The van der Waals surface area contributed by atoms with Crippen LogP contribution in [0.3, 0.4) is 0 Å². The predicted octanol–water partition coefficient (Wildman–Crippen LogP) is 4.49. The topological polar surface area (TPSA) is 48.4 Å². The number of pyridine rings is 1. The molecule has 0 bridgehead atoms. The fourth-order valence-electron chi connectivity index (χ4n) is 1.83. The van der Waals surface area contributed by atoms with Gasteiger partial charge in [0.05, 0.1) is 18.9 Å². The SMILES string of the molecule is CCOC(=O)CCCc1ccc(CO[Si](C)(C)C(C)(C)C)nc1. The molecule has 0 aliphatic heterocycles. The van der Waals surface area contributed by atoms with Gasteiger partial charge in [-0.3, -0.25) is 9.78 Å². The Hall–Kier alpha value is -1.20. The Balaban J connectivity index is 2.43. The third-order valence-corrected chi connectivity index (χ3v) is 8.90. The maximum absolute atomic E-state index is 11.3. The van der Waals surface area contributed by atoms with Gasteiger partial charge in [0.15, 0.2) is 8.32 Å². The quantitative estimate of drug-likeness (QED) is 0.518. The zero-order valence-corrected chi connectivity index (χ0v) is 16.4. The lowest BCUT2D eigenvalue weighted by Crippen LogP contribution is -2.40. The van der Waals surface area contributed by atoms with E-state index in [-0.39, 0.29) is 11.0 Å². The highest BCUT2D eigenvalue weighted by Crippen LogP contribution is 2.36. The molecule has 4 nitrogen and oxygen atoms in total. The van der Waals surface area contributed by atoms with Gasteiger partial charge in [-0.1, -0.05) is 26.8 Å². The first-order chi connectivity index (χ1) is 10.7. The van der Waals surface area contributed by atoms with Gasteiger partial charge in [0, 0.05) is 12.6 Å². The average Bonchev–Trinajstić information content (AvgIpc) is 2.45. The minimum absolute atomic E-state index is 0.125. The number of aromatic nitrogens is 1. The molecular weight excluding hydrogens is 306 g/mol. The van der Waals surface area contributed by atoms with Crippen LogP contribution in [0.1, 0.15) is 51.8 Å². The van der Waals surface area contributed by atoms with Crippen molar-refractivity contribution in [2.45, 2.75) is 71.7 Å². The summed E-state index contributed by atoms with van der Waals surface area (Å²) in [5.41, 5.74) is 2.11. The summed E-state index contributed by atoms with van der Waals surface area (Å²) in [7, 11) is -1.73. The van der Waals surface area contributed by atoms with Gasteiger partial charge in [-0.2, -0.15) is 0 Å². The number of ether oxygens (including phenoxy) is 1. The van der Waals surface area contributed by atoms with E-state index in [2.05, 4.69) is 44.9 Å². The molecular formula is C18H31NO3Si. The monoisotopic (exact) mass is 337 g/mol. The molecule has 0 atom stereocenters. The van der Waals surface area contributed by atoms with Crippen molar-refractivity contribution in [3.63, 3.8) is 0 Å². The van der Waals surface area contributed by atoms with E-state index in [9.17, 15) is 4.79 Å². The van der Waals surface area contributed by atoms with E-state index in [1.807, 2.05) is 19.2 Å². The highest BCUT2D eigenvalue weighted by atomic mass is 28.4. The van der Waals surface area contributed by atoms with Crippen molar-refractivity contribution in [3.05, 3.63) is 29.6 Å². The van der Waals surface area contributed by atoms with Gasteiger partial charge in [-0.15, -0.1) is 0 Å². The van der Waals surface area contributed by atoms with Gasteiger partial charge < -0.3 is 9.16 Å². The van der Waals surface area contributed by atoms with Gasteiger partial charge >= 0.3 is 5.97 Å². The predicted molar refractivity (Wildman–Crippen MR) is 95.8 cm³/mol. The van der Waals surface area contributed by atoms with Crippen LogP contribution in [0.15, 0.2) is 18.3 Å². The molecule has 1 aromatic heterocycles. The van der Waals surface area contributed by atoms with E-state index >= 15 is 0 Å². The molecule has 0 unspecified atom stereocenters. The van der Waals surface area contributed by atoms with Crippen molar-refractivity contribution in [2.24, 2.45) is 0 Å². The Morgan fingerprint density at radius 1 is 1.26 bits per heavy atom. The summed E-state index contributed by atoms with van der Waals surface area (Å²) in [5, 5.41) is 0.208. The molecule has 0 aliphatic rings. The number of carbonyl (C=O) groups is 1. The van der Waals surface area contributed by atoms with Crippen LogP contribution in [0.25, 0.3) is 0 Å². The zero-order valence-electron chi connectivity index (χ0n) is 15.4. The molecule has 0 N–H and O–H groups in total. The molecule has 0 fully saturated rings. The van der Waals surface area contributed by atoms with E-state index in [4.69, 9.17) is 9.16 Å². The van der Waals surface area contributed by atoms with Crippen LogP contribution in [0, 0.1) is 0 Å². The average molecular weight is 338 g/mol. The second kappa shape index (κ2) is 8.59. The first-order valence-corrected chi connectivity index (χ1v) is 11.3. The molecule has 1 heterocycles. The summed E-state index contributed by atoms with van der Waals surface area (Å²) >= 11 is 0. The Morgan fingerprint density at radius 2 is 1.96 bits per heavy atom. The molecule has 0 saturated carbocycles. The molecule has 0 spiro atoms. The highest BCUT2D eigenvalue weighted by Gasteiger charge is 2.37. The Kier molecular flexibility index (Phi) is 7.41. The van der Waals surface area contributed by atoms with Crippen LogP contribution in [0.5, 0.6) is 0 Å². The Morgan fingerprint density at radius 3 is 2.48 bits per heavy atom. The van der Waals surface area contributed by atoms with Crippen LogP contribution in [0.4, 0.5) is 0 Å². The maximum atomic E-state index is 11.3. The van der Waals surface area contributed by atoms with Crippen LogP contribution >= 0.6 is 0 Å². The molecule has 0 amide bonds. The maximum Gasteiger partial charge on any atom is 0.305 e. The Labute approximate surface area is 141 Å². The summed E-state index contributed by atoms with van der Waals surface area (Å²) in [6, 6.07) is 4.09. The molecule has 130 valence electrons. The molecule has 0 radical (unpaired) electrons. The fourth-order valence-corrected chi connectivity index (χ4v) is 2.77. The summed E-state index contributed by atoms with van der Waals surface area (Å²) in [4.78, 5) is 15.8. The Bertz CT molecular complexity index is 492. The van der Waals surface area contributed by atoms with Crippen molar-refractivity contribution < 1.29 is 14.0 Å². The standard InChI is InChI=1S/C18H31NO3Si/c1-7-21-17(20)10-8-9-15-11-12-16(19-13-15)14-22-23(5,6)18(2,3)4/h11-13H,7-10,14H2,1-6H3. The second-order valence-electron chi connectivity index (χ2n) is 7.37. The number of aryl methyl sites for hydroxylation is 1. The van der Waals surface area contributed by atoms with Gasteiger partial charge in [-0.05, 0) is 49.5 Å². The first-order valence-electron chi connectivity index (χ1n) is 8.39. The summed E-state index contributed by atoms with van der Waals surface area (Å²) < 4.78 is 11.1. The molecule has 0 aliphatic carbocycles. The largest absolute Gasteiger partial charge is 0.466 e. The number of carbonyl (C=O) groups excluding carboxylic acids is 1. The van der Waals surface area contributed by atoms with Crippen LogP contribution in [0.2, 0.25) is 18.1 Å². The lowest BCUT2D eigenvalue weighted by atomic mass is 10.1. The minimum Gasteiger partial charge on any atom is -0.466 e. The van der Waals surface area contributed by atoms with Crippen LogP contribution in [-0.4, -0.2) is 25.9 Å². The zero-order chi connectivity index (χ0) is 17.5. The van der Waals surface area contributed by atoms with Crippen molar-refractivity contribution >= 4 is 14.3 Å². The van der Waals surface area contributed by atoms with Crippen molar-refractivity contribution in [3.8, 4) is 0 Å². The number of nitrogens with zero attached hydrogens (tertiary/aromatic N) is 1. The number of rotatable bonds is 8. The van der Waals surface area contributed by atoms with E-state index in [1.54, 1.807) is 0 Å². The van der Waals surface area contributed by atoms with E-state index in [1.165, 1.54) is 0 Å². The molecule has 1 rings (SSSR count). The van der Waals surface area contributed by atoms with Crippen molar-refractivity contribution in [2.75, 3.05) is 6.61 Å². The molecule has 0 aromatic carbocycles. The van der Waals surface area contributed by atoms with E-state index < -0.39 is 8.32 Å². The number of esters is 1. The second-order valence-corrected chi connectivity index (χ2v) is 12.2. The number of hydrogen-bond donors (Lipinski definition) is 0.